The Hall–Kier alpha value is -1.30. The van der Waals surface area contributed by atoms with E-state index in [0.717, 1.165) is 6.54 Å². The van der Waals surface area contributed by atoms with Gasteiger partial charge in [-0.1, -0.05) is 19.3 Å². The van der Waals surface area contributed by atoms with Crippen molar-refractivity contribution in [1.29, 1.82) is 0 Å². The van der Waals surface area contributed by atoms with E-state index in [1.165, 1.54) is 37.0 Å². The van der Waals surface area contributed by atoms with Crippen LogP contribution in [0.5, 0.6) is 0 Å². The van der Waals surface area contributed by atoms with E-state index in [1.54, 1.807) is 7.05 Å². The van der Waals surface area contributed by atoms with Crippen molar-refractivity contribution in [2.24, 2.45) is 11.7 Å². The topological polar surface area (TPSA) is 84.7 Å². The third kappa shape index (κ3) is 8.79. The molecule has 1 saturated carbocycles. The van der Waals surface area contributed by atoms with Crippen LogP contribution in [0.15, 0.2) is 0 Å². The lowest BCUT2D eigenvalue weighted by Gasteiger charge is -2.26. The number of carbonyl (C=O) groups excluding carboxylic acids is 2. The van der Waals surface area contributed by atoms with Gasteiger partial charge in [-0.15, -0.1) is 0 Å². The summed E-state index contributed by atoms with van der Waals surface area (Å²) in [5, 5.41) is 2.97. The molecule has 0 heterocycles. The summed E-state index contributed by atoms with van der Waals surface area (Å²) in [6.07, 6.45) is 6.05. The van der Waals surface area contributed by atoms with Crippen LogP contribution < -0.4 is 11.1 Å². The van der Waals surface area contributed by atoms with Gasteiger partial charge in [-0.25, -0.2) is 4.79 Å². The first kappa shape index (κ1) is 19.7. The van der Waals surface area contributed by atoms with E-state index in [1.807, 2.05) is 20.8 Å². The second-order valence-corrected chi connectivity index (χ2v) is 7.63. The van der Waals surface area contributed by atoms with Crippen molar-refractivity contribution in [3.63, 3.8) is 0 Å². The Bertz CT molecular complexity index is 387. The zero-order valence-corrected chi connectivity index (χ0v) is 15.1. The molecular weight excluding hydrogens is 294 g/mol. The zero-order chi connectivity index (χ0) is 17.5. The normalized spacial score (nSPS) is 17.4. The summed E-state index contributed by atoms with van der Waals surface area (Å²) in [6, 6.07) is -0.390. The van der Waals surface area contributed by atoms with Crippen LogP contribution in [0, 0.1) is 5.92 Å². The number of nitrogens with two attached hydrogens (primary N) is 1. The highest BCUT2D eigenvalue weighted by Crippen LogP contribution is 2.22. The number of hydrogen-bond acceptors (Lipinski definition) is 4. The maximum Gasteiger partial charge on any atom is 0.410 e. The van der Waals surface area contributed by atoms with E-state index >= 15 is 0 Å². The molecule has 6 nitrogen and oxygen atoms in total. The van der Waals surface area contributed by atoms with Crippen molar-refractivity contribution in [3.05, 3.63) is 0 Å². The molecule has 0 bridgehead atoms. The summed E-state index contributed by atoms with van der Waals surface area (Å²) in [6.45, 7) is 6.49. The van der Waals surface area contributed by atoms with Crippen molar-refractivity contribution in [3.8, 4) is 0 Å². The fourth-order valence-corrected chi connectivity index (χ4v) is 2.79. The molecule has 1 atom stereocenters. The minimum absolute atomic E-state index is 0.0411. The number of nitrogens with one attached hydrogen (secondary N) is 1. The van der Waals surface area contributed by atoms with Gasteiger partial charge in [0.2, 0.25) is 5.91 Å². The minimum Gasteiger partial charge on any atom is -0.444 e. The van der Waals surface area contributed by atoms with E-state index in [2.05, 4.69) is 5.32 Å². The Morgan fingerprint density at radius 3 is 2.43 bits per heavy atom. The second kappa shape index (κ2) is 9.11. The molecule has 3 N–H and O–H groups in total. The molecular formula is C17H33N3O3. The molecule has 0 aromatic carbocycles. The quantitative estimate of drug-likeness (QED) is 0.784. The van der Waals surface area contributed by atoms with Gasteiger partial charge >= 0.3 is 6.09 Å². The van der Waals surface area contributed by atoms with Crippen LogP contribution in [0.25, 0.3) is 0 Å². The molecule has 134 valence electrons. The monoisotopic (exact) mass is 327 g/mol. The van der Waals surface area contributed by atoms with Crippen molar-refractivity contribution < 1.29 is 14.3 Å². The molecule has 0 spiro atoms. The number of hydrogen-bond donors (Lipinski definition) is 2. The lowest BCUT2D eigenvalue weighted by molar-refractivity contribution is -0.121. The van der Waals surface area contributed by atoms with Gasteiger partial charge in [0.25, 0.3) is 0 Å². The second-order valence-electron chi connectivity index (χ2n) is 7.63. The lowest BCUT2D eigenvalue weighted by Crippen LogP contribution is -2.44. The Kier molecular flexibility index (Phi) is 7.82. The molecule has 1 rings (SSSR count). The fraction of sp³-hybridized carbons (Fsp3) is 0.882. The maximum atomic E-state index is 12.0. The number of ether oxygens (including phenoxy) is 1. The average Bonchev–Trinajstić information content (AvgIpc) is 2.44. The van der Waals surface area contributed by atoms with Crippen LogP contribution in [-0.4, -0.2) is 48.7 Å². The van der Waals surface area contributed by atoms with E-state index in [-0.39, 0.29) is 18.4 Å². The summed E-state index contributed by atoms with van der Waals surface area (Å²) in [7, 11) is 1.63. The molecule has 2 amide bonds. The molecule has 1 aliphatic rings. The highest BCUT2D eigenvalue weighted by Gasteiger charge is 2.22. The Balaban J connectivity index is 2.24. The van der Waals surface area contributed by atoms with Crippen molar-refractivity contribution in [2.75, 3.05) is 20.1 Å². The molecule has 0 aromatic heterocycles. The molecule has 0 radical (unpaired) electrons. The summed E-state index contributed by atoms with van der Waals surface area (Å²) < 4.78 is 5.26. The van der Waals surface area contributed by atoms with Gasteiger partial charge < -0.3 is 20.7 Å². The molecule has 1 aliphatic carbocycles. The van der Waals surface area contributed by atoms with Crippen LogP contribution in [0.4, 0.5) is 4.79 Å². The third-order valence-electron chi connectivity index (χ3n) is 3.97. The number of carbonyl (C=O) groups is 2. The van der Waals surface area contributed by atoms with Gasteiger partial charge in [-0.3, -0.25) is 4.79 Å². The van der Waals surface area contributed by atoms with E-state index in [0.29, 0.717) is 12.5 Å². The van der Waals surface area contributed by atoms with Crippen LogP contribution >= 0.6 is 0 Å². The Morgan fingerprint density at radius 2 is 1.87 bits per heavy atom. The van der Waals surface area contributed by atoms with Crippen molar-refractivity contribution in [1.82, 2.24) is 10.2 Å². The van der Waals surface area contributed by atoms with Gasteiger partial charge in [-0.05, 0) is 39.5 Å². The van der Waals surface area contributed by atoms with E-state index < -0.39 is 11.7 Å². The number of rotatable bonds is 6. The van der Waals surface area contributed by atoms with Gasteiger partial charge in [-0.2, -0.15) is 0 Å². The predicted octanol–water partition coefficient (Wildman–Crippen LogP) is 2.27. The number of nitrogens with zero attached hydrogens (tertiary/aromatic N) is 1. The largest absolute Gasteiger partial charge is 0.444 e. The minimum atomic E-state index is -0.535. The highest BCUT2D eigenvalue weighted by molar-refractivity contribution is 5.76. The maximum absolute atomic E-state index is 12.0. The standard InChI is InChI=1S/C17H33N3O3/c1-17(2,3)23-16(22)20(4)12-14(18)10-15(21)19-11-13-8-6-5-7-9-13/h13-14H,5-12,18H2,1-4H3,(H,19,21). The zero-order valence-electron chi connectivity index (χ0n) is 15.1. The molecule has 0 aliphatic heterocycles. The smallest absolute Gasteiger partial charge is 0.410 e. The first-order valence-corrected chi connectivity index (χ1v) is 8.64. The van der Waals surface area contributed by atoms with Crippen LogP contribution in [0.3, 0.4) is 0 Å². The Morgan fingerprint density at radius 1 is 1.26 bits per heavy atom. The summed E-state index contributed by atoms with van der Waals surface area (Å²) in [4.78, 5) is 25.2. The van der Waals surface area contributed by atoms with E-state index in [9.17, 15) is 9.59 Å². The van der Waals surface area contributed by atoms with Gasteiger partial charge in [0.05, 0.1) is 0 Å². The van der Waals surface area contributed by atoms with Gasteiger partial charge in [0.15, 0.2) is 0 Å². The molecule has 23 heavy (non-hydrogen) atoms. The van der Waals surface area contributed by atoms with Crippen LogP contribution in [-0.2, 0) is 9.53 Å². The summed E-state index contributed by atoms with van der Waals surface area (Å²) in [5.74, 6) is 0.564. The summed E-state index contributed by atoms with van der Waals surface area (Å²) >= 11 is 0. The molecule has 0 saturated heterocycles. The number of amides is 2. The predicted molar refractivity (Wildman–Crippen MR) is 91.0 cm³/mol. The molecule has 1 fully saturated rings. The number of likely N-dealkylation sites (N-methyl/N-ethyl adjacent to an activating group) is 1. The lowest BCUT2D eigenvalue weighted by atomic mass is 9.89. The first-order valence-electron chi connectivity index (χ1n) is 8.64. The van der Waals surface area contributed by atoms with Crippen LogP contribution in [0.2, 0.25) is 0 Å². The van der Waals surface area contributed by atoms with Crippen molar-refractivity contribution in [2.45, 2.75) is 70.9 Å². The fourth-order valence-electron chi connectivity index (χ4n) is 2.79. The first-order chi connectivity index (χ1) is 10.7. The van der Waals surface area contributed by atoms with Crippen molar-refractivity contribution >= 4 is 12.0 Å². The average molecular weight is 327 g/mol. The highest BCUT2D eigenvalue weighted by atomic mass is 16.6. The Labute approximate surface area is 140 Å². The third-order valence-corrected chi connectivity index (χ3v) is 3.97. The molecule has 0 aromatic rings. The summed E-state index contributed by atoms with van der Waals surface area (Å²) in [5.41, 5.74) is 5.44. The molecule has 1 unspecified atom stereocenters. The van der Waals surface area contributed by atoms with Gasteiger partial charge in [0.1, 0.15) is 5.60 Å². The molecule has 6 heteroatoms. The van der Waals surface area contributed by atoms with Crippen LogP contribution in [0.1, 0.15) is 59.3 Å². The SMILES string of the molecule is CN(CC(N)CC(=O)NCC1CCCCC1)C(=O)OC(C)(C)C. The van der Waals surface area contributed by atoms with E-state index in [4.69, 9.17) is 10.5 Å². The van der Waals surface area contributed by atoms with Gasteiger partial charge in [0, 0.05) is 32.6 Å².